The molecule has 0 saturated carbocycles. The van der Waals surface area contributed by atoms with Crippen LogP contribution in [0.2, 0.25) is 19.6 Å². The van der Waals surface area contributed by atoms with E-state index in [0.29, 0.717) is 0 Å². The molecule has 0 aliphatic heterocycles. The van der Waals surface area contributed by atoms with E-state index in [1.165, 1.54) is 12.2 Å². The Morgan fingerprint density at radius 3 is 2.18 bits per heavy atom. The second kappa shape index (κ2) is 5.04. The van der Waals surface area contributed by atoms with Crippen LogP contribution in [0.15, 0.2) is 10.6 Å². The first-order valence-electron chi connectivity index (χ1n) is 4.32. The van der Waals surface area contributed by atoms with E-state index in [0.717, 1.165) is 0 Å². The third-order valence-corrected chi connectivity index (χ3v) is 6.66. The fraction of sp³-hybridized carbons (Fsp3) is 0.778. The smallest absolute Gasteiger partial charge is 0.0853 e. The van der Waals surface area contributed by atoms with Crippen molar-refractivity contribution in [2.45, 2.75) is 39.9 Å². The summed E-state index contributed by atoms with van der Waals surface area (Å²) in [7, 11) is -1.000. The van der Waals surface area contributed by atoms with E-state index < -0.39 is 8.07 Å². The summed E-state index contributed by atoms with van der Waals surface area (Å²) in [6, 6.07) is 0. The monoisotopic (exact) mass is 188 g/mol. The van der Waals surface area contributed by atoms with Gasteiger partial charge in [-0.2, -0.15) is 0 Å². The molecule has 0 heterocycles. The zero-order valence-electron chi connectivity index (χ0n) is 8.40. The molecule has 0 nitrogen and oxygen atoms in total. The van der Waals surface area contributed by atoms with E-state index in [-0.39, 0.29) is 0 Å². The third-order valence-electron chi connectivity index (χ3n) is 1.46. The maximum Gasteiger partial charge on any atom is 0.0853 e. The zero-order chi connectivity index (χ0) is 8.91. The third kappa shape index (κ3) is 4.70. The average Bonchev–Trinajstić information content (AvgIpc) is 1.87. The molecule has 0 aliphatic rings. The van der Waals surface area contributed by atoms with Crippen molar-refractivity contribution in [1.82, 2.24) is 0 Å². The van der Waals surface area contributed by atoms with Crippen molar-refractivity contribution in [3.63, 3.8) is 0 Å². The van der Waals surface area contributed by atoms with Crippen molar-refractivity contribution in [3.05, 3.63) is 10.6 Å². The van der Waals surface area contributed by atoms with E-state index in [2.05, 4.69) is 51.3 Å². The van der Waals surface area contributed by atoms with Gasteiger partial charge in [-0.25, -0.2) is 0 Å². The van der Waals surface area contributed by atoms with Gasteiger partial charge in [0.05, 0.1) is 8.07 Å². The van der Waals surface area contributed by atoms with Crippen molar-refractivity contribution in [2.24, 2.45) is 0 Å². The van der Waals surface area contributed by atoms with Crippen LogP contribution in [0.3, 0.4) is 0 Å². The molecule has 0 radical (unpaired) electrons. The maximum atomic E-state index is 2.41. The van der Waals surface area contributed by atoms with Crippen LogP contribution >= 0.6 is 11.8 Å². The molecule has 0 spiro atoms. The Hall–Kier alpha value is 0.307. The molecule has 0 atom stereocenters. The van der Waals surface area contributed by atoms with E-state index >= 15 is 0 Å². The topological polar surface area (TPSA) is 0 Å². The minimum absolute atomic E-state index is 1.000. The van der Waals surface area contributed by atoms with Crippen LogP contribution in [-0.2, 0) is 0 Å². The minimum Gasteiger partial charge on any atom is -0.136 e. The van der Waals surface area contributed by atoms with Crippen molar-refractivity contribution >= 4 is 19.8 Å². The summed E-state index contributed by atoms with van der Waals surface area (Å²) >= 11 is 2.05. The van der Waals surface area contributed by atoms with Crippen LogP contribution in [0.5, 0.6) is 0 Å². The summed E-state index contributed by atoms with van der Waals surface area (Å²) in [6.45, 7) is 11.6. The molecular weight excluding hydrogens is 168 g/mol. The molecule has 0 rings (SSSR count). The zero-order valence-corrected chi connectivity index (χ0v) is 10.2. The Kier molecular flexibility index (Phi) is 5.18. The molecule has 0 aromatic heterocycles. The average molecular weight is 188 g/mol. The highest BCUT2D eigenvalue weighted by Crippen LogP contribution is 2.26. The maximum absolute atomic E-state index is 2.41. The Labute approximate surface area is 76.5 Å². The van der Waals surface area contributed by atoms with Gasteiger partial charge in [0.1, 0.15) is 0 Å². The molecule has 0 unspecified atom stereocenters. The normalized spacial score (nSPS) is 13.7. The van der Waals surface area contributed by atoms with E-state index in [9.17, 15) is 0 Å². The number of hydrogen-bond donors (Lipinski definition) is 0. The van der Waals surface area contributed by atoms with Gasteiger partial charge in [-0.05, 0) is 23.6 Å². The first kappa shape index (κ1) is 11.3. The van der Waals surface area contributed by atoms with Crippen molar-refractivity contribution < 1.29 is 0 Å². The predicted octanol–water partition coefficient (Wildman–Crippen LogP) is 3.91. The highest BCUT2D eigenvalue weighted by atomic mass is 32.2. The number of thioether (sulfide) groups is 1. The van der Waals surface area contributed by atoms with E-state index in [1.54, 1.807) is 4.53 Å². The van der Waals surface area contributed by atoms with Gasteiger partial charge in [0, 0.05) is 0 Å². The molecule has 0 amide bonds. The molecule has 0 aliphatic carbocycles. The molecule has 0 N–H and O–H groups in total. The van der Waals surface area contributed by atoms with Gasteiger partial charge in [-0.15, -0.1) is 11.8 Å². The van der Waals surface area contributed by atoms with Crippen molar-refractivity contribution in [1.29, 1.82) is 0 Å². The summed E-state index contributed by atoms with van der Waals surface area (Å²) in [6.07, 6.45) is 3.58. The molecule has 66 valence electrons. The minimum atomic E-state index is -1.000. The Morgan fingerprint density at radius 1 is 1.36 bits per heavy atom. The van der Waals surface area contributed by atoms with Gasteiger partial charge in [0.15, 0.2) is 0 Å². The van der Waals surface area contributed by atoms with Crippen LogP contribution < -0.4 is 0 Å². The second-order valence-electron chi connectivity index (χ2n) is 3.75. The molecule has 0 fully saturated rings. The van der Waals surface area contributed by atoms with Crippen LogP contribution in [0.4, 0.5) is 0 Å². The van der Waals surface area contributed by atoms with Gasteiger partial charge >= 0.3 is 0 Å². The fourth-order valence-corrected chi connectivity index (χ4v) is 4.44. The quantitative estimate of drug-likeness (QED) is 0.603. The highest BCUT2D eigenvalue weighted by molar-refractivity contribution is 8.05. The van der Waals surface area contributed by atoms with Crippen LogP contribution in [0.1, 0.15) is 20.3 Å². The van der Waals surface area contributed by atoms with Crippen molar-refractivity contribution in [2.75, 3.05) is 5.75 Å². The first-order valence-corrected chi connectivity index (χ1v) is 8.80. The summed E-state index contributed by atoms with van der Waals surface area (Å²) in [5.41, 5.74) is 0. The molecule has 0 aromatic rings. The van der Waals surface area contributed by atoms with E-state index in [1.807, 2.05) is 0 Å². The lowest BCUT2D eigenvalue weighted by atomic mass is 10.6. The lowest BCUT2D eigenvalue weighted by Gasteiger charge is -2.19. The van der Waals surface area contributed by atoms with Crippen LogP contribution in [0.25, 0.3) is 0 Å². The van der Waals surface area contributed by atoms with Gasteiger partial charge in [0.25, 0.3) is 0 Å². The molecule has 0 aromatic carbocycles. The van der Waals surface area contributed by atoms with Gasteiger partial charge in [-0.3, -0.25) is 0 Å². The Morgan fingerprint density at radius 2 is 1.91 bits per heavy atom. The molecule has 2 heteroatoms. The first-order chi connectivity index (χ1) is 5.02. The van der Waals surface area contributed by atoms with Gasteiger partial charge in [-0.1, -0.05) is 32.6 Å². The van der Waals surface area contributed by atoms with Crippen LogP contribution in [0, 0.1) is 0 Å². The van der Waals surface area contributed by atoms with Gasteiger partial charge in [0.2, 0.25) is 0 Å². The molecular formula is C9H20SSi. The Balaban J connectivity index is 3.99. The Bertz CT molecular complexity index is 133. The second-order valence-corrected chi connectivity index (χ2v) is 10.3. The fourth-order valence-electron chi connectivity index (χ4n) is 0.945. The SMILES string of the molecule is C/C=C(\SCCC)[Si](C)(C)C. The predicted molar refractivity (Wildman–Crippen MR) is 59.9 cm³/mol. The van der Waals surface area contributed by atoms with Crippen LogP contribution in [-0.4, -0.2) is 13.8 Å². The summed E-state index contributed by atoms with van der Waals surface area (Å²) in [4.78, 5) is 0. The summed E-state index contributed by atoms with van der Waals surface area (Å²) in [5, 5.41) is 0. The van der Waals surface area contributed by atoms with E-state index in [4.69, 9.17) is 0 Å². The number of hydrogen-bond acceptors (Lipinski definition) is 1. The summed E-state index contributed by atoms with van der Waals surface area (Å²) in [5.74, 6) is 1.28. The number of allylic oxidation sites excluding steroid dienone is 1. The molecule has 0 bridgehead atoms. The lowest BCUT2D eigenvalue weighted by Crippen LogP contribution is -2.22. The number of rotatable bonds is 4. The highest BCUT2D eigenvalue weighted by Gasteiger charge is 2.18. The molecule has 11 heavy (non-hydrogen) atoms. The summed E-state index contributed by atoms with van der Waals surface area (Å²) < 4.78 is 1.65. The van der Waals surface area contributed by atoms with Crippen molar-refractivity contribution in [3.8, 4) is 0 Å². The van der Waals surface area contributed by atoms with Gasteiger partial charge < -0.3 is 0 Å². The largest absolute Gasteiger partial charge is 0.136 e. The lowest BCUT2D eigenvalue weighted by molar-refractivity contribution is 1.11. The molecule has 0 saturated heterocycles. The standard InChI is InChI=1S/C9H20SSi/c1-6-8-10-9(7-2)11(3,4)5/h7H,6,8H2,1-5H3/b9-7+.